The first-order chi connectivity index (χ1) is 11.3. The number of piperidine rings is 1. The van der Waals surface area contributed by atoms with Gasteiger partial charge in [0, 0.05) is 6.54 Å². The van der Waals surface area contributed by atoms with Crippen LogP contribution < -0.4 is 5.32 Å². The van der Waals surface area contributed by atoms with Gasteiger partial charge in [0.1, 0.15) is 24.5 Å². The van der Waals surface area contributed by atoms with Gasteiger partial charge in [-0.25, -0.2) is 9.67 Å². The molecule has 124 valence electrons. The summed E-state index contributed by atoms with van der Waals surface area (Å²) >= 11 is 0. The van der Waals surface area contributed by atoms with Gasteiger partial charge in [-0.1, -0.05) is 6.42 Å². The number of carbonyl (C=O) groups is 1. The second-order valence-electron chi connectivity index (χ2n) is 5.92. The SMILES string of the molecule is C[C@@H](C(=O)NC[C@H](c1ccco1)N1CCCCC1)n1cncn1. The molecule has 7 heteroatoms. The van der Waals surface area contributed by atoms with Crippen LogP contribution in [-0.2, 0) is 4.79 Å². The third kappa shape index (κ3) is 3.79. The summed E-state index contributed by atoms with van der Waals surface area (Å²) in [4.78, 5) is 18.6. The highest BCUT2D eigenvalue weighted by atomic mass is 16.3. The van der Waals surface area contributed by atoms with Crippen LogP contribution in [-0.4, -0.2) is 45.2 Å². The molecule has 0 spiro atoms. The van der Waals surface area contributed by atoms with E-state index in [2.05, 4.69) is 20.3 Å². The van der Waals surface area contributed by atoms with E-state index < -0.39 is 0 Å². The second kappa shape index (κ2) is 7.41. The average Bonchev–Trinajstić information content (AvgIpc) is 3.29. The number of nitrogens with zero attached hydrogens (tertiary/aromatic N) is 4. The van der Waals surface area contributed by atoms with Crippen LogP contribution in [0.15, 0.2) is 35.5 Å². The number of aromatic nitrogens is 3. The minimum absolute atomic E-state index is 0.0657. The molecule has 1 aliphatic heterocycles. The molecule has 0 aromatic carbocycles. The molecule has 1 aliphatic rings. The fourth-order valence-corrected chi connectivity index (χ4v) is 3.00. The highest BCUT2D eigenvalue weighted by molar-refractivity contribution is 5.79. The Morgan fingerprint density at radius 3 is 2.87 bits per heavy atom. The Labute approximate surface area is 135 Å². The van der Waals surface area contributed by atoms with E-state index in [4.69, 9.17) is 4.42 Å². The Kier molecular flexibility index (Phi) is 5.07. The van der Waals surface area contributed by atoms with Gasteiger partial charge in [-0.15, -0.1) is 0 Å². The van der Waals surface area contributed by atoms with Crippen molar-refractivity contribution in [3.8, 4) is 0 Å². The predicted octanol–water partition coefficient (Wildman–Crippen LogP) is 1.78. The van der Waals surface area contributed by atoms with Crippen molar-refractivity contribution in [3.63, 3.8) is 0 Å². The normalized spacial score (nSPS) is 18.5. The van der Waals surface area contributed by atoms with E-state index in [0.29, 0.717) is 6.54 Å². The largest absolute Gasteiger partial charge is 0.468 e. The predicted molar refractivity (Wildman–Crippen MR) is 84.6 cm³/mol. The summed E-state index contributed by atoms with van der Waals surface area (Å²) in [6.45, 7) is 4.43. The highest BCUT2D eigenvalue weighted by Crippen LogP contribution is 2.24. The summed E-state index contributed by atoms with van der Waals surface area (Å²) in [5.41, 5.74) is 0. The lowest BCUT2D eigenvalue weighted by Crippen LogP contribution is -2.42. The summed E-state index contributed by atoms with van der Waals surface area (Å²) in [6.07, 6.45) is 8.34. The maximum Gasteiger partial charge on any atom is 0.244 e. The van der Waals surface area contributed by atoms with Crippen molar-refractivity contribution in [3.05, 3.63) is 36.8 Å². The van der Waals surface area contributed by atoms with Gasteiger partial charge < -0.3 is 9.73 Å². The van der Waals surface area contributed by atoms with E-state index in [1.807, 2.05) is 19.1 Å². The third-order valence-electron chi connectivity index (χ3n) is 4.39. The number of amides is 1. The standard InChI is InChI=1S/C16H23N5O2/c1-13(21-12-17-11-19-21)16(22)18-10-14(15-6-5-9-23-15)20-7-3-2-4-8-20/h5-6,9,11-14H,2-4,7-8,10H2,1H3,(H,18,22)/t13-,14+/m0/s1. The Morgan fingerprint density at radius 1 is 1.39 bits per heavy atom. The summed E-state index contributed by atoms with van der Waals surface area (Å²) in [5.74, 6) is 0.838. The Hall–Kier alpha value is -2.15. The smallest absolute Gasteiger partial charge is 0.244 e. The van der Waals surface area contributed by atoms with Gasteiger partial charge in [-0.3, -0.25) is 9.69 Å². The first-order valence-electron chi connectivity index (χ1n) is 8.15. The van der Waals surface area contributed by atoms with E-state index >= 15 is 0 Å². The summed E-state index contributed by atoms with van der Waals surface area (Å²) < 4.78 is 7.15. The molecule has 23 heavy (non-hydrogen) atoms. The van der Waals surface area contributed by atoms with Crippen molar-refractivity contribution in [2.75, 3.05) is 19.6 Å². The lowest BCUT2D eigenvalue weighted by atomic mass is 10.1. The lowest BCUT2D eigenvalue weighted by molar-refractivity contribution is -0.124. The molecular weight excluding hydrogens is 294 g/mol. The zero-order valence-electron chi connectivity index (χ0n) is 13.4. The Morgan fingerprint density at radius 2 is 2.22 bits per heavy atom. The molecule has 1 fully saturated rings. The molecule has 2 aromatic heterocycles. The third-order valence-corrected chi connectivity index (χ3v) is 4.39. The minimum Gasteiger partial charge on any atom is -0.468 e. The average molecular weight is 317 g/mol. The number of hydrogen-bond donors (Lipinski definition) is 1. The fourth-order valence-electron chi connectivity index (χ4n) is 3.00. The molecule has 0 unspecified atom stereocenters. The molecule has 7 nitrogen and oxygen atoms in total. The number of carbonyl (C=O) groups excluding carboxylic acids is 1. The van der Waals surface area contributed by atoms with Crippen LogP contribution in [0.1, 0.15) is 44.0 Å². The maximum atomic E-state index is 12.3. The number of likely N-dealkylation sites (tertiary alicyclic amines) is 1. The van der Waals surface area contributed by atoms with Gasteiger partial charge in [0.25, 0.3) is 0 Å². The number of furan rings is 1. The van der Waals surface area contributed by atoms with Crippen LogP contribution in [0.4, 0.5) is 0 Å². The van der Waals surface area contributed by atoms with E-state index in [9.17, 15) is 4.79 Å². The minimum atomic E-state index is -0.379. The molecule has 0 aliphatic carbocycles. The van der Waals surface area contributed by atoms with Crippen LogP contribution in [0.2, 0.25) is 0 Å². The van der Waals surface area contributed by atoms with E-state index in [1.54, 1.807) is 17.3 Å². The number of hydrogen-bond acceptors (Lipinski definition) is 5. The Bertz CT molecular complexity index is 590. The van der Waals surface area contributed by atoms with Crippen molar-refractivity contribution >= 4 is 5.91 Å². The molecule has 1 N–H and O–H groups in total. The number of rotatable bonds is 6. The molecule has 2 atom stereocenters. The van der Waals surface area contributed by atoms with Crippen molar-refractivity contribution in [2.45, 2.75) is 38.3 Å². The van der Waals surface area contributed by atoms with E-state index in [0.717, 1.165) is 18.8 Å². The van der Waals surface area contributed by atoms with Crippen molar-refractivity contribution in [1.82, 2.24) is 25.0 Å². The summed E-state index contributed by atoms with van der Waals surface area (Å²) in [6, 6.07) is 3.58. The zero-order chi connectivity index (χ0) is 16.1. The van der Waals surface area contributed by atoms with Gasteiger partial charge in [0.2, 0.25) is 5.91 Å². The van der Waals surface area contributed by atoms with Gasteiger partial charge in [-0.05, 0) is 45.0 Å². The topological polar surface area (TPSA) is 76.2 Å². The quantitative estimate of drug-likeness (QED) is 0.879. The second-order valence-corrected chi connectivity index (χ2v) is 5.92. The summed E-state index contributed by atoms with van der Waals surface area (Å²) in [7, 11) is 0. The van der Waals surface area contributed by atoms with E-state index in [1.165, 1.54) is 25.6 Å². The van der Waals surface area contributed by atoms with Crippen molar-refractivity contribution in [2.24, 2.45) is 0 Å². The molecule has 1 amide bonds. The molecular formula is C16H23N5O2. The first-order valence-corrected chi connectivity index (χ1v) is 8.15. The molecule has 0 bridgehead atoms. The summed E-state index contributed by atoms with van der Waals surface area (Å²) in [5, 5.41) is 7.05. The molecule has 2 aromatic rings. The lowest BCUT2D eigenvalue weighted by Gasteiger charge is -2.33. The Balaban J connectivity index is 1.63. The monoisotopic (exact) mass is 317 g/mol. The zero-order valence-corrected chi connectivity index (χ0v) is 13.4. The van der Waals surface area contributed by atoms with Crippen molar-refractivity contribution in [1.29, 1.82) is 0 Å². The highest BCUT2D eigenvalue weighted by Gasteiger charge is 2.26. The molecule has 3 heterocycles. The van der Waals surface area contributed by atoms with Crippen molar-refractivity contribution < 1.29 is 9.21 Å². The van der Waals surface area contributed by atoms with E-state index in [-0.39, 0.29) is 18.0 Å². The molecule has 3 rings (SSSR count). The molecule has 0 saturated carbocycles. The number of nitrogens with one attached hydrogen (secondary N) is 1. The first kappa shape index (κ1) is 15.7. The van der Waals surface area contributed by atoms with Gasteiger partial charge in [-0.2, -0.15) is 5.10 Å². The van der Waals surface area contributed by atoms with Crippen LogP contribution in [0, 0.1) is 0 Å². The fraction of sp³-hybridized carbons (Fsp3) is 0.562. The van der Waals surface area contributed by atoms with Crippen LogP contribution in [0.5, 0.6) is 0 Å². The van der Waals surface area contributed by atoms with Crippen LogP contribution >= 0.6 is 0 Å². The molecule has 0 radical (unpaired) electrons. The molecule has 1 saturated heterocycles. The van der Waals surface area contributed by atoms with Crippen LogP contribution in [0.25, 0.3) is 0 Å². The van der Waals surface area contributed by atoms with Crippen LogP contribution in [0.3, 0.4) is 0 Å². The van der Waals surface area contributed by atoms with Gasteiger partial charge >= 0.3 is 0 Å². The van der Waals surface area contributed by atoms with Gasteiger partial charge in [0.15, 0.2) is 0 Å². The van der Waals surface area contributed by atoms with Gasteiger partial charge in [0.05, 0.1) is 12.3 Å². The maximum absolute atomic E-state index is 12.3.